The molecule has 0 spiro atoms. The smallest absolute Gasteiger partial charge is 0.449 e. The third kappa shape index (κ3) is 2.44. The Balaban J connectivity index is 2.21. The second-order valence-corrected chi connectivity index (χ2v) is 4.15. The van der Waals surface area contributed by atoms with E-state index in [2.05, 4.69) is 9.89 Å². The number of likely N-dealkylation sites (tertiary alicyclic amines) is 1. The topological polar surface area (TPSA) is 92.9 Å². The van der Waals surface area contributed by atoms with Crippen molar-refractivity contribution in [1.29, 1.82) is 0 Å². The Kier molecular flexibility index (Phi) is 3.50. The van der Waals surface area contributed by atoms with Gasteiger partial charge < -0.3 is 19.3 Å². The lowest BCUT2D eigenvalue weighted by molar-refractivity contribution is 0.0676. The third-order valence-corrected chi connectivity index (χ3v) is 2.84. The number of amides is 1. The van der Waals surface area contributed by atoms with Crippen LogP contribution in [0, 0.1) is 6.92 Å². The molecule has 0 aromatic carbocycles. The van der Waals surface area contributed by atoms with Gasteiger partial charge in [-0.05, 0) is 26.2 Å². The molecule has 0 radical (unpaired) electrons. The lowest BCUT2D eigenvalue weighted by atomic mass is 10.1. The van der Waals surface area contributed by atoms with Crippen LogP contribution >= 0.6 is 0 Å². The Morgan fingerprint density at radius 1 is 1.33 bits per heavy atom. The van der Waals surface area contributed by atoms with Gasteiger partial charge in [-0.2, -0.15) is 0 Å². The van der Waals surface area contributed by atoms with Crippen molar-refractivity contribution in [1.82, 2.24) is 10.1 Å². The highest BCUT2D eigenvalue weighted by Crippen LogP contribution is 2.25. The summed E-state index contributed by atoms with van der Waals surface area (Å²) in [5.41, 5.74) is 0.248. The molecule has 1 aliphatic rings. The summed E-state index contributed by atoms with van der Waals surface area (Å²) in [5, 5.41) is 12.2. The summed E-state index contributed by atoms with van der Waals surface area (Å²) in [6.45, 7) is 2.81. The van der Waals surface area contributed by atoms with Crippen molar-refractivity contribution in [2.24, 2.45) is 0 Å². The summed E-state index contributed by atoms with van der Waals surface area (Å²) < 4.78 is 9.42. The highest BCUT2D eigenvalue weighted by Gasteiger charge is 2.28. The minimum absolute atomic E-state index is 0.113. The minimum Gasteiger partial charge on any atom is -0.449 e. The molecule has 1 aliphatic heterocycles. The Morgan fingerprint density at radius 3 is 2.61 bits per heavy atom. The molecular formula is C11H14N2O5. The molecule has 0 atom stereocenters. The van der Waals surface area contributed by atoms with Crippen molar-refractivity contribution in [3.63, 3.8) is 0 Å². The fourth-order valence-corrected chi connectivity index (χ4v) is 1.95. The van der Waals surface area contributed by atoms with Crippen molar-refractivity contribution in [2.75, 3.05) is 13.1 Å². The summed E-state index contributed by atoms with van der Waals surface area (Å²) in [7, 11) is 0. The first-order chi connectivity index (χ1) is 8.59. The lowest BCUT2D eigenvalue weighted by Gasteiger charge is -2.25. The maximum atomic E-state index is 12.1. The van der Waals surface area contributed by atoms with Gasteiger partial charge in [0.15, 0.2) is 0 Å². The molecule has 0 aliphatic carbocycles. The molecule has 7 nitrogen and oxygen atoms in total. The predicted molar refractivity (Wildman–Crippen MR) is 59.6 cm³/mol. The first-order valence-electron chi connectivity index (χ1n) is 5.76. The number of ether oxygens (including phenoxy) is 1. The van der Waals surface area contributed by atoms with Gasteiger partial charge in [0.25, 0.3) is 11.7 Å². The zero-order chi connectivity index (χ0) is 13.1. The quantitative estimate of drug-likeness (QED) is 0.807. The standard InChI is InChI=1S/C11H14N2O5/c1-7-8(17-11(15)16)9(18-12-7)10(14)13-5-3-2-4-6-13/h2-6H2,1H3,(H,15,16). The van der Waals surface area contributed by atoms with Crippen LogP contribution < -0.4 is 4.74 Å². The fourth-order valence-electron chi connectivity index (χ4n) is 1.95. The molecule has 0 bridgehead atoms. The van der Waals surface area contributed by atoms with E-state index < -0.39 is 6.16 Å². The number of nitrogens with zero attached hydrogens (tertiary/aromatic N) is 2. The summed E-state index contributed by atoms with van der Waals surface area (Å²) in [6, 6.07) is 0. The van der Waals surface area contributed by atoms with Crippen LogP contribution in [-0.4, -0.2) is 40.3 Å². The number of hydrogen-bond acceptors (Lipinski definition) is 5. The number of aryl methyl sites for hydroxylation is 1. The molecule has 1 N–H and O–H groups in total. The molecule has 7 heteroatoms. The van der Waals surface area contributed by atoms with E-state index in [0.717, 1.165) is 19.3 Å². The van der Waals surface area contributed by atoms with Gasteiger partial charge >= 0.3 is 6.16 Å². The first kappa shape index (κ1) is 12.4. The van der Waals surface area contributed by atoms with Crippen molar-refractivity contribution >= 4 is 12.1 Å². The van der Waals surface area contributed by atoms with Crippen molar-refractivity contribution in [2.45, 2.75) is 26.2 Å². The second kappa shape index (κ2) is 5.07. The first-order valence-corrected chi connectivity index (χ1v) is 5.76. The maximum Gasteiger partial charge on any atom is 0.511 e. The van der Waals surface area contributed by atoms with E-state index in [1.54, 1.807) is 4.90 Å². The Hall–Kier alpha value is -2.05. The summed E-state index contributed by atoms with van der Waals surface area (Å²) in [6.07, 6.45) is 1.48. The molecule has 1 fully saturated rings. The van der Waals surface area contributed by atoms with E-state index in [4.69, 9.17) is 9.63 Å². The highest BCUT2D eigenvalue weighted by atomic mass is 16.7. The number of carbonyl (C=O) groups is 2. The summed E-state index contributed by atoms with van der Waals surface area (Å²) >= 11 is 0. The van der Waals surface area contributed by atoms with E-state index in [-0.39, 0.29) is 23.1 Å². The molecule has 1 aromatic heterocycles. The van der Waals surface area contributed by atoms with Crippen molar-refractivity contribution < 1.29 is 24.0 Å². The fraction of sp³-hybridized carbons (Fsp3) is 0.545. The SMILES string of the molecule is Cc1noc(C(=O)N2CCCCC2)c1OC(=O)O. The molecule has 1 saturated heterocycles. The van der Waals surface area contributed by atoms with E-state index in [1.807, 2.05) is 0 Å². The van der Waals surface area contributed by atoms with Gasteiger partial charge in [-0.25, -0.2) is 4.79 Å². The molecular weight excluding hydrogens is 240 g/mol. The number of hydrogen-bond donors (Lipinski definition) is 1. The largest absolute Gasteiger partial charge is 0.511 e. The van der Waals surface area contributed by atoms with Gasteiger partial charge in [0.05, 0.1) is 0 Å². The summed E-state index contributed by atoms with van der Waals surface area (Å²) in [5.74, 6) is -0.624. The highest BCUT2D eigenvalue weighted by molar-refractivity contribution is 5.94. The van der Waals surface area contributed by atoms with Gasteiger partial charge in [0.2, 0.25) is 5.75 Å². The number of carboxylic acid groups (broad SMARTS) is 1. The zero-order valence-electron chi connectivity index (χ0n) is 10.0. The number of rotatable bonds is 2. The molecule has 98 valence electrons. The van der Waals surface area contributed by atoms with Gasteiger partial charge in [0, 0.05) is 13.1 Å². The Bertz CT molecular complexity index is 462. The summed E-state index contributed by atoms with van der Waals surface area (Å²) in [4.78, 5) is 24.3. The van der Waals surface area contributed by atoms with Gasteiger partial charge in [-0.1, -0.05) is 5.16 Å². The number of aromatic nitrogens is 1. The van der Waals surface area contributed by atoms with Gasteiger partial charge in [0.1, 0.15) is 5.69 Å². The molecule has 0 unspecified atom stereocenters. The zero-order valence-corrected chi connectivity index (χ0v) is 10.0. The van der Waals surface area contributed by atoms with E-state index in [1.165, 1.54) is 6.92 Å². The van der Waals surface area contributed by atoms with Crippen LogP contribution in [0.4, 0.5) is 4.79 Å². The third-order valence-electron chi connectivity index (χ3n) is 2.84. The monoisotopic (exact) mass is 254 g/mol. The number of carbonyl (C=O) groups excluding carboxylic acids is 1. The van der Waals surface area contributed by atoms with E-state index >= 15 is 0 Å². The Morgan fingerprint density at radius 2 is 2.00 bits per heavy atom. The van der Waals surface area contributed by atoms with Crippen molar-refractivity contribution in [3.8, 4) is 5.75 Å². The molecule has 2 heterocycles. The van der Waals surface area contributed by atoms with Crippen LogP contribution in [0.3, 0.4) is 0 Å². The maximum absolute atomic E-state index is 12.1. The molecule has 2 rings (SSSR count). The van der Waals surface area contributed by atoms with E-state index in [9.17, 15) is 9.59 Å². The average Bonchev–Trinajstić information content (AvgIpc) is 2.71. The normalized spacial score (nSPS) is 15.5. The van der Waals surface area contributed by atoms with Crippen molar-refractivity contribution in [3.05, 3.63) is 11.5 Å². The van der Waals surface area contributed by atoms with Crippen LogP contribution in [-0.2, 0) is 0 Å². The minimum atomic E-state index is -1.49. The number of piperidine rings is 1. The average molecular weight is 254 g/mol. The lowest BCUT2D eigenvalue weighted by Crippen LogP contribution is -2.35. The van der Waals surface area contributed by atoms with Gasteiger partial charge in [-0.15, -0.1) is 0 Å². The molecule has 1 aromatic rings. The Labute approximate surface area is 103 Å². The van der Waals surface area contributed by atoms with E-state index in [0.29, 0.717) is 13.1 Å². The van der Waals surface area contributed by atoms with Crippen LogP contribution in [0.15, 0.2) is 4.52 Å². The van der Waals surface area contributed by atoms with Crippen LogP contribution in [0.25, 0.3) is 0 Å². The molecule has 18 heavy (non-hydrogen) atoms. The predicted octanol–water partition coefficient (Wildman–Crippen LogP) is 1.67. The molecule has 1 amide bonds. The van der Waals surface area contributed by atoms with Crippen LogP contribution in [0.2, 0.25) is 0 Å². The molecule has 0 saturated carbocycles. The second-order valence-electron chi connectivity index (χ2n) is 4.15. The van der Waals surface area contributed by atoms with Crippen LogP contribution in [0.5, 0.6) is 5.75 Å². The van der Waals surface area contributed by atoms with Crippen LogP contribution in [0.1, 0.15) is 35.5 Å². The van der Waals surface area contributed by atoms with Gasteiger partial charge in [-0.3, -0.25) is 4.79 Å².